The number of methoxy groups -OCH3 is 1. The van der Waals surface area contributed by atoms with Crippen LogP contribution in [0, 0.1) is 5.41 Å². The van der Waals surface area contributed by atoms with Crippen LogP contribution in [0.15, 0.2) is 48.9 Å². The fraction of sp³-hybridized carbons (Fsp3) is 0.111. The largest absolute Gasteiger partial charge is 0.481 e. The Morgan fingerprint density at radius 2 is 2.16 bits per heavy atom. The zero-order valence-electron chi connectivity index (χ0n) is 13.5. The van der Waals surface area contributed by atoms with E-state index in [9.17, 15) is 0 Å². The van der Waals surface area contributed by atoms with Crippen LogP contribution in [0.2, 0.25) is 5.15 Å². The average Bonchev–Trinajstić information content (AvgIpc) is 2.65. The standard InChI is InChI=1S/C18H16ClN5O/c1-25-18-12(3-2-6-22-18)9-21-10-14(8-20)13-7-16-15(23-11-13)4-5-17(19)24-16/h2-8,10-11,20-21H,9H2,1H3/b14-10+,20-8?. The lowest BCUT2D eigenvalue weighted by Gasteiger charge is -2.08. The third-order valence-electron chi connectivity index (χ3n) is 3.59. The molecule has 0 aliphatic heterocycles. The number of halogens is 1. The molecule has 3 aromatic heterocycles. The number of aromatic nitrogens is 3. The van der Waals surface area contributed by atoms with Gasteiger partial charge in [-0.15, -0.1) is 0 Å². The van der Waals surface area contributed by atoms with Gasteiger partial charge in [0.2, 0.25) is 5.88 Å². The van der Waals surface area contributed by atoms with E-state index < -0.39 is 0 Å². The van der Waals surface area contributed by atoms with Crippen LogP contribution >= 0.6 is 11.6 Å². The second-order valence-electron chi connectivity index (χ2n) is 5.19. The monoisotopic (exact) mass is 353 g/mol. The lowest BCUT2D eigenvalue weighted by molar-refractivity contribution is 0.391. The molecule has 0 bridgehead atoms. The predicted molar refractivity (Wildman–Crippen MR) is 98.9 cm³/mol. The molecule has 0 spiro atoms. The molecule has 0 unspecified atom stereocenters. The molecule has 0 saturated heterocycles. The van der Waals surface area contributed by atoms with Gasteiger partial charge in [0.1, 0.15) is 5.15 Å². The maximum Gasteiger partial charge on any atom is 0.218 e. The molecule has 3 rings (SSSR count). The number of hydrogen-bond donors (Lipinski definition) is 2. The number of allylic oxidation sites excluding steroid dienone is 1. The van der Waals surface area contributed by atoms with E-state index in [0.717, 1.165) is 16.6 Å². The molecule has 0 amide bonds. The molecule has 0 atom stereocenters. The molecule has 7 heteroatoms. The summed E-state index contributed by atoms with van der Waals surface area (Å²) in [7, 11) is 1.59. The lowest BCUT2D eigenvalue weighted by atomic mass is 10.1. The highest BCUT2D eigenvalue weighted by atomic mass is 35.5. The highest BCUT2D eigenvalue weighted by Gasteiger charge is 2.05. The van der Waals surface area contributed by atoms with E-state index in [1.807, 2.05) is 24.3 Å². The SMILES string of the molecule is COc1ncccc1CN/C=C(\C=N)c1cnc2ccc(Cl)nc2c1. The maximum atomic E-state index is 7.66. The second kappa shape index (κ2) is 7.72. The Hall–Kier alpha value is -2.99. The topological polar surface area (TPSA) is 83.8 Å². The first-order chi connectivity index (χ1) is 12.2. The van der Waals surface area contributed by atoms with Gasteiger partial charge >= 0.3 is 0 Å². The number of hydrogen-bond acceptors (Lipinski definition) is 6. The Kier molecular flexibility index (Phi) is 5.20. The van der Waals surface area contributed by atoms with E-state index in [4.69, 9.17) is 21.7 Å². The van der Waals surface area contributed by atoms with Crippen molar-refractivity contribution in [3.63, 3.8) is 0 Å². The first kappa shape index (κ1) is 16.9. The normalized spacial score (nSPS) is 11.4. The molecular weight excluding hydrogens is 338 g/mol. The Bertz CT molecular complexity index is 942. The molecule has 0 aliphatic rings. The molecule has 6 nitrogen and oxygen atoms in total. The molecule has 0 radical (unpaired) electrons. The highest BCUT2D eigenvalue weighted by Crippen LogP contribution is 2.19. The molecule has 126 valence electrons. The molecule has 2 N–H and O–H groups in total. The van der Waals surface area contributed by atoms with Gasteiger partial charge in [0, 0.05) is 48.1 Å². The van der Waals surface area contributed by atoms with Crippen molar-refractivity contribution in [2.45, 2.75) is 6.54 Å². The van der Waals surface area contributed by atoms with Crippen molar-refractivity contribution in [2.75, 3.05) is 7.11 Å². The van der Waals surface area contributed by atoms with Gasteiger partial charge in [0.15, 0.2) is 0 Å². The molecule has 3 aromatic rings. The number of pyridine rings is 3. The van der Waals surface area contributed by atoms with Crippen molar-refractivity contribution in [3.8, 4) is 5.88 Å². The van der Waals surface area contributed by atoms with E-state index in [-0.39, 0.29) is 0 Å². The lowest BCUT2D eigenvalue weighted by Crippen LogP contribution is -2.08. The number of rotatable bonds is 6. The Morgan fingerprint density at radius 1 is 1.28 bits per heavy atom. The number of nitrogens with one attached hydrogen (secondary N) is 2. The summed E-state index contributed by atoms with van der Waals surface area (Å²) in [5.74, 6) is 0.575. The summed E-state index contributed by atoms with van der Waals surface area (Å²) in [6, 6.07) is 9.16. The van der Waals surface area contributed by atoms with Crippen LogP contribution in [0.5, 0.6) is 5.88 Å². The number of nitrogens with zero attached hydrogens (tertiary/aromatic N) is 3. The van der Waals surface area contributed by atoms with E-state index in [2.05, 4.69) is 20.3 Å². The quantitative estimate of drug-likeness (QED) is 0.523. The van der Waals surface area contributed by atoms with Gasteiger partial charge in [-0.1, -0.05) is 17.7 Å². The van der Waals surface area contributed by atoms with Crippen molar-refractivity contribution in [2.24, 2.45) is 0 Å². The Labute approximate surface area is 150 Å². The molecule has 3 heterocycles. The Balaban J connectivity index is 1.82. The maximum absolute atomic E-state index is 7.66. The van der Waals surface area contributed by atoms with Gasteiger partial charge in [-0.25, -0.2) is 9.97 Å². The van der Waals surface area contributed by atoms with Crippen LogP contribution in [0.3, 0.4) is 0 Å². The van der Waals surface area contributed by atoms with Crippen molar-refractivity contribution in [1.82, 2.24) is 20.3 Å². The molecule has 0 aliphatic carbocycles. The van der Waals surface area contributed by atoms with Crippen LogP contribution < -0.4 is 10.1 Å². The second-order valence-corrected chi connectivity index (χ2v) is 5.58. The summed E-state index contributed by atoms with van der Waals surface area (Å²) >= 11 is 5.94. The van der Waals surface area contributed by atoms with Gasteiger partial charge < -0.3 is 15.5 Å². The van der Waals surface area contributed by atoms with Crippen molar-refractivity contribution < 1.29 is 4.74 Å². The summed E-state index contributed by atoms with van der Waals surface area (Å²) in [5, 5.41) is 11.3. The first-order valence-corrected chi connectivity index (χ1v) is 7.93. The molecule has 0 aromatic carbocycles. The minimum Gasteiger partial charge on any atom is -0.481 e. The van der Waals surface area contributed by atoms with Crippen LogP contribution in [0.25, 0.3) is 16.6 Å². The summed E-state index contributed by atoms with van der Waals surface area (Å²) in [6.07, 6.45) is 6.41. The van der Waals surface area contributed by atoms with Crippen molar-refractivity contribution >= 4 is 34.4 Å². The van der Waals surface area contributed by atoms with Gasteiger partial charge in [-0.3, -0.25) is 4.98 Å². The number of fused-ring (bicyclic) bond motifs is 1. The molecule has 0 saturated carbocycles. The van der Waals surface area contributed by atoms with E-state index in [1.165, 1.54) is 6.21 Å². The van der Waals surface area contributed by atoms with Crippen molar-refractivity contribution in [3.05, 3.63) is 65.2 Å². The van der Waals surface area contributed by atoms with Crippen LogP contribution in [0.1, 0.15) is 11.1 Å². The fourth-order valence-corrected chi connectivity index (χ4v) is 2.52. The van der Waals surface area contributed by atoms with Crippen LogP contribution in [-0.4, -0.2) is 28.3 Å². The third-order valence-corrected chi connectivity index (χ3v) is 3.80. The van der Waals surface area contributed by atoms with E-state index in [1.54, 1.807) is 31.8 Å². The zero-order chi connectivity index (χ0) is 17.6. The predicted octanol–water partition coefficient (Wildman–Crippen LogP) is 3.47. The summed E-state index contributed by atoms with van der Waals surface area (Å²) in [4.78, 5) is 12.8. The molecular formula is C18H16ClN5O. The third kappa shape index (κ3) is 3.92. The van der Waals surface area contributed by atoms with Crippen molar-refractivity contribution in [1.29, 1.82) is 5.41 Å². The molecule has 25 heavy (non-hydrogen) atoms. The van der Waals surface area contributed by atoms with Gasteiger partial charge in [-0.05, 0) is 24.3 Å². The fourth-order valence-electron chi connectivity index (χ4n) is 2.36. The first-order valence-electron chi connectivity index (χ1n) is 7.56. The summed E-state index contributed by atoms with van der Waals surface area (Å²) in [5.41, 5.74) is 3.83. The van der Waals surface area contributed by atoms with Crippen LogP contribution in [0.4, 0.5) is 0 Å². The summed E-state index contributed by atoms with van der Waals surface area (Å²) < 4.78 is 5.23. The number of ether oxygens (including phenoxy) is 1. The van der Waals surface area contributed by atoms with Gasteiger partial charge in [-0.2, -0.15) is 0 Å². The van der Waals surface area contributed by atoms with Crippen LogP contribution in [-0.2, 0) is 6.54 Å². The minimum atomic E-state index is 0.411. The van der Waals surface area contributed by atoms with Gasteiger partial charge in [0.05, 0.1) is 18.1 Å². The van der Waals surface area contributed by atoms with E-state index in [0.29, 0.717) is 28.7 Å². The zero-order valence-corrected chi connectivity index (χ0v) is 14.3. The minimum absolute atomic E-state index is 0.411. The highest BCUT2D eigenvalue weighted by molar-refractivity contribution is 6.29. The average molecular weight is 354 g/mol. The molecule has 0 fully saturated rings. The summed E-state index contributed by atoms with van der Waals surface area (Å²) in [6.45, 7) is 0.527. The van der Waals surface area contributed by atoms with Gasteiger partial charge in [0.25, 0.3) is 0 Å². The Morgan fingerprint density at radius 3 is 2.96 bits per heavy atom. The smallest absolute Gasteiger partial charge is 0.218 e. The van der Waals surface area contributed by atoms with E-state index >= 15 is 0 Å².